The fourth-order valence-corrected chi connectivity index (χ4v) is 2.44. The topological polar surface area (TPSA) is 85.3 Å². The summed E-state index contributed by atoms with van der Waals surface area (Å²) in [5.74, 6) is -2.97. The summed E-state index contributed by atoms with van der Waals surface area (Å²) >= 11 is 0. The van der Waals surface area contributed by atoms with Gasteiger partial charge in [-0.15, -0.1) is 0 Å². The van der Waals surface area contributed by atoms with Crippen molar-refractivity contribution in [1.82, 2.24) is 19.5 Å². The van der Waals surface area contributed by atoms with Gasteiger partial charge >= 0.3 is 12.1 Å². The van der Waals surface area contributed by atoms with Crippen molar-refractivity contribution in [1.29, 1.82) is 0 Å². The zero-order chi connectivity index (χ0) is 19.9. The molecule has 1 aromatic carbocycles. The summed E-state index contributed by atoms with van der Waals surface area (Å²) in [7, 11) is 0. The third kappa shape index (κ3) is 3.29. The minimum atomic E-state index is -4.75. The van der Waals surface area contributed by atoms with E-state index in [0.717, 1.165) is 0 Å². The van der Waals surface area contributed by atoms with Crippen LogP contribution in [0.3, 0.4) is 0 Å². The molecule has 0 aliphatic heterocycles. The first-order chi connectivity index (χ1) is 13.3. The highest BCUT2D eigenvalue weighted by atomic mass is 19.4. The number of nitrogens with one attached hydrogen (secondary N) is 1. The first-order valence-corrected chi connectivity index (χ1v) is 7.77. The summed E-state index contributed by atoms with van der Waals surface area (Å²) in [6, 6.07) is 8.56. The van der Waals surface area contributed by atoms with E-state index in [-0.39, 0.29) is 22.8 Å². The highest BCUT2D eigenvalue weighted by Crippen LogP contribution is 2.29. The maximum absolute atomic E-state index is 13.7. The number of hydrogen-bond acceptors (Lipinski definition) is 5. The number of halogens is 4. The van der Waals surface area contributed by atoms with Gasteiger partial charge in [-0.3, -0.25) is 4.79 Å². The SMILES string of the molecule is O=C(Nc1ccccc1F)c1cn2cc(-c3noc(C(F)(F)F)n3)ccc2n1. The molecule has 0 radical (unpaired) electrons. The molecule has 3 aromatic heterocycles. The van der Waals surface area contributed by atoms with Crippen LogP contribution in [0.2, 0.25) is 0 Å². The minimum absolute atomic E-state index is 0.00303. The van der Waals surface area contributed by atoms with Crippen LogP contribution in [0.1, 0.15) is 16.4 Å². The fraction of sp³-hybridized carbons (Fsp3) is 0.0588. The van der Waals surface area contributed by atoms with Crippen LogP contribution in [0.4, 0.5) is 23.2 Å². The highest BCUT2D eigenvalue weighted by molar-refractivity contribution is 6.03. The maximum Gasteiger partial charge on any atom is 0.471 e. The Balaban J connectivity index is 1.62. The predicted octanol–water partition coefficient (Wildman–Crippen LogP) is 3.79. The Kier molecular flexibility index (Phi) is 4.06. The van der Waals surface area contributed by atoms with Gasteiger partial charge < -0.3 is 14.2 Å². The summed E-state index contributed by atoms with van der Waals surface area (Å²) in [6.45, 7) is 0. The second kappa shape index (κ2) is 6.44. The van der Waals surface area contributed by atoms with Gasteiger partial charge in [0.15, 0.2) is 0 Å². The lowest BCUT2D eigenvalue weighted by molar-refractivity contribution is -0.159. The normalized spacial score (nSPS) is 11.7. The van der Waals surface area contributed by atoms with Gasteiger partial charge in [0.2, 0.25) is 5.82 Å². The molecule has 11 heteroatoms. The lowest BCUT2D eigenvalue weighted by Crippen LogP contribution is -2.13. The number of para-hydroxylation sites is 1. The molecular weight excluding hydrogens is 382 g/mol. The van der Waals surface area contributed by atoms with E-state index in [2.05, 4.69) is 25.0 Å². The van der Waals surface area contributed by atoms with Crippen molar-refractivity contribution in [2.45, 2.75) is 6.18 Å². The van der Waals surface area contributed by atoms with Crippen molar-refractivity contribution in [2.24, 2.45) is 0 Å². The molecule has 1 N–H and O–H groups in total. The number of aromatic nitrogens is 4. The van der Waals surface area contributed by atoms with Crippen LogP contribution in [0, 0.1) is 5.82 Å². The number of carbonyl (C=O) groups excluding carboxylic acids is 1. The van der Waals surface area contributed by atoms with Crippen molar-refractivity contribution in [3.8, 4) is 11.4 Å². The van der Waals surface area contributed by atoms with Gasteiger partial charge in [0, 0.05) is 18.0 Å². The Bertz CT molecular complexity index is 1180. The molecule has 7 nitrogen and oxygen atoms in total. The molecule has 0 fully saturated rings. The van der Waals surface area contributed by atoms with E-state index >= 15 is 0 Å². The number of pyridine rings is 1. The average molecular weight is 391 g/mol. The number of imidazole rings is 1. The summed E-state index contributed by atoms with van der Waals surface area (Å²) < 4.78 is 57.0. The van der Waals surface area contributed by atoms with Crippen LogP contribution in [0.5, 0.6) is 0 Å². The van der Waals surface area contributed by atoms with Crippen molar-refractivity contribution in [3.05, 3.63) is 66.2 Å². The van der Waals surface area contributed by atoms with E-state index in [9.17, 15) is 22.4 Å². The van der Waals surface area contributed by atoms with Crippen LogP contribution in [0.15, 0.2) is 53.3 Å². The lowest BCUT2D eigenvalue weighted by atomic mass is 10.3. The number of amides is 1. The van der Waals surface area contributed by atoms with Crippen molar-refractivity contribution < 1.29 is 26.9 Å². The Morgan fingerprint density at radius 1 is 1.07 bits per heavy atom. The third-order valence-electron chi connectivity index (χ3n) is 3.73. The van der Waals surface area contributed by atoms with Crippen molar-refractivity contribution >= 4 is 17.2 Å². The Labute approximate surface area is 153 Å². The van der Waals surface area contributed by atoms with Crippen LogP contribution < -0.4 is 5.32 Å². The molecule has 0 aliphatic carbocycles. The summed E-state index contributed by atoms with van der Waals surface area (Å²) in [5, 5.41) is 5.71. The molecule has 0 atom stereocenters. The number of anilines is 1. The van der Waals surface area contributed by atoms with Crippen LogP contribution in [-0.4, -0.2) is 25.4 Å². The van der Waals surface area contributed by atoms with Crippen LogP contribution in [0.25, 0.3) is 17.0 Å². The first-order valence-electron chi connectivity index (χ1n) is 7.77. The molecule has 142 valence electrons. The molecule has 28 heavy (non-hydrogen) atoms. The standard InChI is InChI=1S/C17H9F4N5O2/c18-10-3-1-2-4-11(10)23-15(27)12-8-26-7-9(5-6-13(26)22-12)14-24-16(28-25-14)17(19,20)21/h1-8H,(H,23,27). The van der Waals surface area contributed by atoms with E-state index in [1.54, 1.807) is 6.07 Å². The molecule has 1 amide bonds. The van der Waals surface area contributed by atoms with Gasteiger partial charge in [-0.2, -0.15) is 18.2 Å². The van der Waals surface area contributed by atoms with Gasteiger partial charge in [0.05, 0.1) is 5.69 Å². The molecule has 0 saturated heterocycles. The largest absolute Gasteiger partial charge is 0.471 e. The van der Waals surface area contributed by atoms with Crippen molar-refractivity contribution in [2.75, 3.05) is 5.32 Å². The zero-order valence-corrected chi connectivity index (χ0v) is 13.7. The fourth-order valence-electron chi connectivity index (χ4n) is 2.44. The Morgan fingerprint density at radius 3 is 2.57 bits per heavy atom. The number of hydrogen-bond donors (Lipinski definition) is 1. The summed E-state index contributed by atoms with van der Waals surface area (Å²) in [6.07, 6.45) is -2.00. The van der Waals surface area contributed by atoms with Crippen molar-refractivity contribution in [3.63, 3.8) is 0 Å². The van der Waals surface area contributed by atoms with E-state index in [0.29, 0.717) is 5.65 Å². The number of carbonyl (C=O) groups is 1. The quantitative estimate of drug-likeness (QED) is 0.537. The summed E-state index contributed by atoms with van der Waals surface area (Å²) in [5.41, 5.74) is 0.563. The number of benzene rings is 1. The monoisotopic (exact) mass is 391 g/mol. The molecular formula is C17H9F4N5O2. The van der Waals surface area contributed by atoms with Gasteiger partial charge in [0.25, 0.3) is 5.91 Å². The maximum atomic E-state index is 13.7. The molecule has 0 bridgehead atoms. The lowest BCUT2D eigenvalue weighted by Gasteiger charge is -2.03. The molecule has 0 saturated carbocycles. The molecule has 4 aromatic rings. The summed E-state index contributed by atoms with van der Waals surface area (Å²) in [4.78, 5) is 19.7. The average Bonchev–Trinajstić information content (AvgIpc) is 3.29. The number of fused-ring (bicyclic) bond motifs is 1. The molecule has 4 rings (SSSR count). The smallest absolute Gasteiger partial charge is 0.329 e. The predicted molar refractivity (Wildman–Crippen MR) is 87.8 cm³/mol. The third-order valence-corrected chi connectivity index (χ3v) is 3.73. The van der Waals surface area contributed by atoms with E-state index in [1.807, 2.05) is 0 Å². The van der Waals surface area contributed by atoms with Gasteiger partial charge in [-0.05, 0) is 24.3 Å². The molecule has 0 spiro atoms. The number of nitrogens with zero attached hydrogens (tertiary/aromatic N) is 4. The van der Waals surface area contributed by atoms with Gasteiger partial charge in [-0.1, -0.05) is 17.3 Å². The van der Waals surface area contributed by atoms with Gasteiger partial charge in [-0.25, -0.2) is 9.37 Å². The van der Waals surface area contributed by atoms with Crippen LogP contribution >= 0.6 is 0 Å². The molecule has 0 aliphatic rings. The minimum Gasteiger partial charge on any atom is -0.329 e. The van der Waals surface area contributed by atoms with E-state index in [4.69, 9.17) is 0 Å². The highest BCUT2D eigenvalue weighted by Gasteiger charge is 2.38. The first kappa shape index (κ1) is 17.6. The number of rotatable bonds is 3. The Hall–Kier alpha value is -3.76. The van der Waals surface area contributed by atoms with Gasteiger partial charge in [0.1, 0.15) is 17.2 Å². The molecule has 0 unspecified atom stereocenters. The Morgan fingerprint density at radius 2 is 1.86 bits per heavy atom. The number of alkyl halides is 3. The van der Waals surface area contributed by atoms with E-state index < -0.39 is 23.8 Å². The van der Waals surface area contributed by atoms with Crippen LogP contribution in [-0.2, 0) is 6.18 Å². The zero-order valence-electron chi connectivity index (χ0n) is 13.7. The van der Waals surface area contributed by atoms with E-state index in [1.165, 1.54) is 47.1 Å². The second-order valence-corrected chi connectivity index (χ2v) is 5.66. The molecule has 3 heterocycles. The second-order valence-electron chi connectivity index (χ2n) is 5.66.